The Labute approximate surface area is 234 Å². The van der Waals surface area contributed by atoms with Crippen LogP contribution in [0.3, 0.4) is 0 Å². The van der Waals surface area contributed by atoms with E-state index in [0.717, 1.165) is 30.7 Å². The van der Waals surface area contributed by atoms with E-state index in [-0.39, 0.29) is 35.0 Å². The zero-order valence-corrected chi connectivity index (χ0v) is 23.7. The smallest absolute Gasteiger partial charge is 0.321 e. The number of amides is 1. The van der Waals surface area contributed by atoms with E-state index in [1.54, 1.807) is 30.8 Å². The molecule has 1 aromatic heterocycles. The number of carbonyl (C=O) groups excluding carboxylic acids is 1. The zero-order valence-electron chi connectivity index (χ0n) is 22.9. The van der Waals surface area contributed by atoms with E-state index in [1.807, 2.05) is 23.7 Å². The molecule has 0 spiro atoms. The van der Waals surface area contributed by atoms with Crippen molar-refractivity contribution in [2.24, 2.45) is 7.05 Å². The Kier molecular flexibility index (Phi) is 7.89. The van der Waals surface area contributed by atoms with Gasteiger partial charge in [-0.2, -0.15) is 13.2 Å². The standard InChI is InChI=1S/C29H34F3N5O2S/c1-28(10-5-11-28)33-16-20-14-23-24(25(15-20)29(30,31)32)17-37(27(23)38)21-7-4-6-19(12-21)13-22(40(3)39)8-9-26-35-34-18-36(26)2/h4,6-7,12,14-15,18,22,33H,5,8-11,13,16-17H2,1-3H3/t22-,40-/m0/s1. The van der Waals surface area contributed by atoms with Crippen molar-refractivity contribution < 1.29 is 22.2 Å². The van der Waals surface area contributed by atoms with Gasteiger partial charge in [-0.25, -0.2) is 0 Å². The van der Waals surface area contributed by atoms with Gasteiger partial charge in [-0.3, -0.25) is 9.00 Å². The highest BCUT2D eigenvalue weighted by Gasteiger charge is 2.41. The number of alkyl halides is 3. The maximum Gasteiger partial charge on any atom is 0.416 e. The number of rotatable bonds is 10. The van der Waals surface area contributed by atoms with Crippen molar-refractivity contribution in [1.29, 1.82) is 0 Å². The fourth-order valence-corrected chi connectivity index (χ4v) is 6.43. The van der Waals surface area contributed by atoms with Crippen LogP contribution in [0.2, 0.25) is 0 Å². The van der Waals surface area contributed by atoms with E-state index in [0.29, 0.717) is 30.5 Å². The zero-order chi connectivity index (χ0) is 28.7. The monoisotopic (exact) mass is 573 g/mol. The van der Waals surface area contributed by atoms with E-state index >= 15 is 0 Å². The van der Waals surface area contributed by atoms with E-state index in [9.17, 15) is 22.2 Å². The van der Waals surface area contributed by atoms with Gasteiger partial charge in [-0.15, -0.1) is 10.2 Å². The molecule has 2 heterocycles. The van der Waals surface area contributed by atoms with E-state index < -0.39 is 28.4 Å². The summed E-state index contributed by atoms with van der Waals surface area (Å²) < 4.78 is 56.7. The minimum atomic E-state index is -4.57. The molecule has 11 heteroatoms. The topological polar surface area (TPSA) is 80.1 Å². The average molecular weight is 574 g/mol. The highest BCUT2D eigenvalue weighted by atomic mass is 32.2. The Balaban J connectivity index is 1.36. The maximum atomic E-state index is 14.1. The molecule has 1 saturated carbocycles. The van der Waals surface area contributed by atoms with Crippen molar-refractivity contribution >= 4 is 22.4 Å². The molecular weight excluding hydrogens is 539 g/mol. The van der Waals surface area contributed by atoms with Gasteiger partial charge in [-0.1, -0.05) is 12.1 Å². The highest BCUT2D eigenvalue weighted by Crippen LogP contribution is 2.40. The Morgan fingerprint density at radius 1 is 1.18 bits per heavy atom. The Bertz CT molecular complexity index is 1430. The minimum Gasteiger partial charge on any atom is -0.321 e. The summed E-state index contributed by atoms with van der Waals surface area (Å²) in [4.78, 5) is 14.9. The van der Waals surface area contributed by atoms with Crippen LogP contribution in [0.4, 0.5) is 18.9 Å². The van der Waals surface area contributed by atoms with Crippen LogP contribution >= 0.6 is 0 Å². The summed E-state index contributed by atoms with van der Waals surface area (Å²) in [6.07, 6.45) is 3.56. The van der Waals surface area contributed by atoms with Crippen molar-refractivity contribution in [1.82, 2.24) is 20.1 Å². The normalized spacial score (nSPS) is 17.9. The van der Waals surface area contributed by atoms with Crippen LogP contribution in [0.5, 0.6) is 0 Å². The number of anilines is 1. The summed E-state index contributed by atoms with van der Waals surface area (Å²) in [5, 5.41) is 11.2. The summed E-state index contributed by atoms with van der Waals surface area (Å²) >= 11 is 0. The van der Waals surface area contributed by atoms with Crippen LogP contribution in [0.25, 0.3) is 0 Å². The van der Waals surface area contributed by atoms with Crippen molar-refractivity contribution in [2.45, 2.75) is 75.5 Å². The van der Waals surface area contributed by atoms with Gasteiger partial charge in [0.05, 0.1) is 12.1 Å². The molecule has 2 aliphatic rings. The number of hydrogen-bond donors (Lipinski definition) is 1. The fourth-order valence-electron chi connectivity index (χ4n) is 5.55. The van der Waals surface area contributed by atoms with Crippen LogP contribution in [0.15, 0.2) is 42.7 Å². The van der Waals surface area contributed by atoms with Crippen LogP contribution in [-0.2, 0) is 50.0 Å². The van der Waals surface area contributed by atoms with E-state index in [1.165, 1.54) is 11.0 Å². The maximum absolute atomic E-state index is 14.1. The number of fused-ring (bicyclic) bond motifs is 1. The highest BCUT2D eigenvalue weighted by molar-refractivity contribution is 7.84. The van der Waals surface area contributed by atoms with Gasteiger partial charge < -0.3 is 14.8 Å². The number of benzene rings is 2. The average Bonchev–Trinajstić information content (AvgIpc) is 3.45. The summed E-state index contributed by atoms with van der Waals surface area (Å²) in [7, 11) is 0.751. The van der Waals surface area contributed by atoms with Gasteiger partial charge in [0, 0.05) is 59.1 Å². The van der Waals surface area contributed by atoms with Gasteiger partial charge in [-0.05, 0) is 80.0 Å². The summed E-state index contributed by atoms with van der Waals surface area (Å²) in [5.74, 6) is 0.369. The molecule has 40 heavy (non-hydrogen) atoms. The molecule has 2 aromatic carbocycles. The van der Waals surface area contributed by atoms with Crippen LogP contribution in [0, 0.1) is 0 Å². The molecule has 3 aromatic rings. The molecule has 214 valence electrons. The second-order valence-corrected chi connectivity index (χ2v) is 12.9. The number of aryl methyl sites for hydroxylation is 2. The number of nitrogens with zero attached hydrogens (tertiary/aromatic N) is 4. The van der Waals surface area contributed by atoms with Gasteiger partial charge in [0.15, 0.2) is 0 Å². The molecule has 5 rings (SSSR count). The lowest BCUT2D eigenvalue weighted by Gasteiger charge is -2.39. The van der Waals surface area contributed by atoms with Crippen molar-refractivity contribution in [3.8, 4) is 0 Å². The van der Waals surface area contributed by atoms with Gasteiger partial charge in [0.1, 0.15) is 12.2 Å². The first-order valence-corrected chi connectivity index (χ1v) is 15.1. The van der Waals surface area contributed by atoms with Crippen molar-refractivity contribution in [2.75, 3.05) is 11.2 Å². The Morgan fingerprint density at radius 3 is 2.58 bits per heavy atom. The molecule has 0 saturated heterocycles. The van der Waals surface area contributed by atoms with E-state index in [4.69, 9.17) is 0 Å². The Morgan fingerprint density at radius 2 is 1.95 bits per heavy atom. The van der Waals surface area contributed by atoms with Gasteiger partial charge in [0.2, 0.25) is 0 Å². The molecule has 1 amide bonds. The van der Waals surface area contributed by atoms with Crippen LogP contribution in [-0.4, -0.2) is 41.9 Å². The lowest BCUT2D eigenvalue weighted by molar-refractivity contribution is -0.138. The molecule has 0 unspecified atom stereocenters. The van der Waals surface area contributed by atoms with Crippen molar-refractivity contribution in [3.63, 3.8) is 0 Å². The largest absolute Gasteiger partial charge is 0.416 e. The number of halogens is 3. The number of nitrogens with one attached hydrogen (secondary N) is 1. The predicted molar refractivity (Wildman–Crippen MR) is 148 cm³/mol. The Hall–Kier alpha value is -3.05. The van der Waals surface area contributed by atoms with Crippen molar-refractivity contribution in [3.05, 3.63) is 76.4 Å². The fraction of sp³-hybridized carbons (Fsp3) is 0.483. The van der Waals surface area contributed by atoms with Crippen LogP contribution in [0.1, 0.15) is 71.0 Å². The molecule has 1 aliphatic heterocycles. The number of carbonyl (C=O) groups is 1. The first kappa shape index (κ1) is 28.5. The summed E-state index contributed by atoms with van der Waals surface area (Å²) in [5.41, 5.74) is 1.15. The lowest BCUT2D eigenvalue weighted by Crippen LogP contribution is -2.47. The first-order chi connectivity index (χ1) is 18.9. The van der Waals surface area contributed by atoms with Gasteiger partial charge >= 0.3 is 6.18 Å². The van der Waals surface area contributed by atoms with Crippen LogP contribution < -0.4 is 10.2 Å². The number of hydrogen-bond acceptors (Lipinski definition) is 5. The third-order valence-corrected chi connectivity index (χ3v) is 9.57. The summed E-state index contributed by atoms with van der Waals surface area (Å²) in [6, 6.07) is 10.0. The third-order valence-electron chi connectivity index (χ3n) is 8.23. The molecule has 2 atom stereocenters. The first-order valence-electron chi connectivity index (χ1n) is 13.5. The molecule has 1 aliphatic carbocycles. The molecule has 1 fully saturated rings. The molecule has 0 bridgehead atoms. The molecule has 7 nitrogen and oxygen atoms in total. The third kappa shape index (κ3) is 6.00. The van der Waals surface area contributed by atoms with Gasteiger partial charge in [0.25, 0.3) is 5.91 Å². The molecule has 0 radical (unpaired) electrons. The molecular formula is C29H34F3N5O2S. The van der Waals surface area contributed by atoms with E-state index in [2.05, 4.69) is 22.4 Å². The molecule has 1 N–H and O–H groups in total. The SMILES string of the molecule is Cn1cnnc1CC[C@@H](Cc1cccc(N2Cc3c(cc(CNC4(C)CCC4)cc3C(F)(F)F)C2=O)c1)[S@](C)=O. The lowest BCUT2D eigenvalue weighted by atomic mass is 9.78. The second-order valence-electron chi connectivity index (χ2n) is 11.2. The predicted octanol–water partition coefficient (Wildman–Crippen LogP) is 4.95. The second kappa shape index (κ2) is 11.1. The quantitative estimate of drug-likeness (QED) is 0.371. The number of aromatic nitrogens is 3. The minimum absolute atomic E-state index is 0.0118. The summed E-state index contributed by atoms with van der Waals surface area (Å²) in [6.45, 7) is 2.20.